The van der Waals surface area contributed by atoms with Crippen molar-refractivity contribution >= 4 is 11.7 Å². The Kier molecular flexibility index (Phi) is 2.96. The molecular formula is C20H13NO6. The van der Waals surface area contributed by atoms with E-state index < -0.39 is 11.6 Å². The zero-order valence-electron chi connectivity index (χ0n) is 13.8. The maximum Gasteiger partial charge on any atom is 0.340 e. The standard InChI is InChI=1S/C20H13NO6/c22-10-5-6-14-16(8-10)26-17-9-11(23)7-15(21-25)18(17)20(14)13-4-2-1-3-12(13)19(24)27-20/h1-9,21-23,25H. The van der Waals surface area contributed by atoms with Crippen LogP contribution >= 0.6 is 0 Å². The Hall–Kier alpha value is -3.71. The lowest BCUT2D eigenvalue weighted by molar-refractivity contribution is 0.0225. The highest BCUT2D eigenvalue weighted by Crippen LogP contribution is 2.59. The van der Waals surface area contributed by atoms with Crippen molar-refractivity contribution in [1.29, 1.82) is 0 Å². The van der Waals surface area contributed by atoms with Crippen LogP contribution in [0, 0.1) is 0 Å². The van der Waals surface area contributed by atoms with Gasteiger partial charge in [-0.1, -0.05) is 18.2 Å². The van der Waals surface area contributed by atoms with Gasteiger partial charge in [0, 0.05) is 29.3 Å². The van der Waals surface area contributed by atoms with E-state index in [-0.39, 0.29) is 28.7 Å². The lowest BCUT2D eigenvalue weighted by Gasteiger charge is -2.37. The molecule has 0 saturated carbocycles. The molecular weight excluding hydrogens is 350 g/mol. The quantitative estimate of drug-likeness (QED) is 0.387. The van der Waals surface area contributed by atoms with E-state index in [1.54, 1.807) is 30.3 Å². The number of rotatable bonds is 1. The van der Waals surface area contributed by atoms with E-state index in [1.165, 1.54) is 24.3 Å². The van der Waals surface area contributed by atoms with Crippen LogP contribution in [0.3, 0.4) is 0 Å². The van der Waals surface area contributed by atoms with Gasteiger partial charge < -0.3 is 19.7 Å². The van der Waals surface area contributed by atoms with Gasteiger partial charge in [0.25, 0.3) is 0 Å². The number of fused-ring (bicyclic) bond motifs is 6. The number of ether oxygens (including phenoxy) is 2. The minimum absolute atomic E-state index is 0.0226. The van der Waals surface area contributed by atoms with Crippen molar-refractivity contribution in [3.8, 4) is 23.0 Å². The monoisotopic (exact) mass is 363 g/mol. The van der Waals surface area contributed by atoms with Crippen molar-refractivity contribution in [2.75, 3.05) is 5.48 Å². The molecule has 1 spiro atoms. The van der Waals surface area contributed by atoms with Crippen LogP contribution in [0.2, 0.25) is 0 Å². The fourth-order valence-corrected chi connectivity index (χ4v) is 3.88. The van der Waals surface area contributed by atoms with Gasteiger partial charge in [0.1, 0.15) is 23.0 Å². The van der Waals surface area contributed by atoms with Crippen LogP contribution in [-0.2, 0) is 10.3 Å². The van der Waals surface area contributed by atoms with E-state index in [2.05, 4.69) is 5.48 Å². The van der Waals surface area contributed by atoms with Crippen molar-refractivity contribution in [2.45, 2.75) is 5.60 Å². The largest absolute Gasteiger partial charge is 0.508 e. The lowest BCUT2D eigenvalue weighted by Crippen LogP contribution is -2.33. The minimum atomic E-state index is -1.40. The van der Waals surface area contributed by atoms with Gasteiger partial charge >= 0.3 is 5.97 Å². The van der Waals surface area contributed by atoms with E-state index in [1.807, 2.05) is 0 Å². The zero-order valence-corrected chi connectivity index (χ0v) is 13.8. The summed E-state index contributed by atoms with van der Waals surface area (Å²) in [6, 6.07) is 14.1. The summed E-state index contributed by atoms with van der Waals surface area (Å²) in [6.07, 6.45) is 0. The highest BCUT2D eigenvalue weighted by Gasteiger charge is 2.54. The summed E-state index contributed by atoms with van der Waals surface area (Å²) in [6.45, 7) is 0. The van der Waals surface area contributed by atoms with Crippen LogP contribution in [0.1, 0.15) is 27.0 Å². The third kappa shape index (κ3) is 1.91. The number of carbonyl (C=O) groups is 1. The summed E-state index contributed by atoms with van der Waals surface area (Å²) >= 11 is 0. The third-order valence-electron chi connectivity index (χ3n) is 4.90. The van der Waals surface area contributed by atoms with Crippen LogP contribution in [0.25, 0.3) is 0 Å². The molecule has 0 fully saturated rings. The maximum atomic E-state index is 12.6. The maximum absolute atomic E-state index is 12.6. The average Bonchev–Trinajstić information content (AvgIpc) is 2.94. The van der Waals surface area contributed by atoms with E-state index in [0.29, 0.717) is 22.3 Å². The summed E-state index contributed by atoms with van der Waals surface area (Å²) in [5.41, 5.74) is 2.60. The first-order chi connectivity index (χ1) is 13.0. The van der Waals surface area contributed by atoms with Crippen molar-refractivity contribution in [3.05, 3.63) is 76.9 Å². The minimum Gasteiger partial charge on any atom is -0.508 e. The van der Waals surface area contributed by atoms with E-state index in [9.17, 15) is 20.2 Å². The molecule has 27 heavy (non-hydrogen) atoms. The number of benzene rings is 3. The molecule has 0 bridgehead atoms. The van der Waals surface area contributed by atoms with Gasteiger partial charge in [-0.05, 0) is 18.2 Å². The fraction of sp³-hybridized carbons (Fsp3) is 0.0500. The molecule has 0 aliphatic carbocycles. The number of carbonyl (C=O) groups excluding carboxylic acids is 1. The molecule has 0 amide bonds. The Morgan fingerprint density at radius 2 is 1.67 bits per heavy atom. The predicted octanol–water partition coefficient (Wildman–Crippen LogP) is 3.47. The van der Waals surface area contributed by atoms with E-state index in [0.717, 1.165) is 0 Å². The van der Waals surface area contributed by atoms with Crippen LogP contribution in [-0.4, -0.2) is 21.4 Å². The molecule has 1 unspecified atom stereocenters. The van der Waals surface area contributed by atoms with Crippen molar-refractivity contribution < 1.29 is 29.7 Å². The van der Waals surface area contributed by atoms with Crippen LogP contribution in [0.4, 0.5) is 5.69 Å². The number of phenolic OH excluding ortho intramolecular Hbond substituents is 2. The number of anilines is 1. The Balaban J connectivity index is 1.94. The Morgan fingerprint density at radius 3 is 2.48 bits per heavy atom. The number of aromatic hydroxyl groups is 2. The molecule has 134 valence electrons. The molecule has 4 N–H and O–H groups in total. The highest BCUT2D eigenvalue weighted by atomic mass is 16.6. The zero-order chi connectivity index (χ0) is 18.8. The van der Waals surface area contributed by atoms with Gasteiger partial charge in [-0.25, -0.2) is 4.79 Å². The van der Waals surface area contributed by atoms with Crippen LogP contribution in [0.5, 0.6) is 23.0 Å². The fourth-order valence-electron chi connectivity index (χ4n) is 3.88. The van der Waals surface area contributed by atoms with Crippen LogP contribution < -0.4 is 10.2 Å². The Bertz CT molecular complexity index is 1130. The van der Waals surface area contributed by atoms with E-state index in [4.69, 9.17) is 9.47 Å². The predicted molar refractivity (Wildman–Crippen MR) is 93.4 cm³/mol. The van der Waals surface area contributed by atoms with Gasteiger partial charge in [0.15, 0.2) is 5.60 Å². The van der Waals surface area contributed by atoms with Crippen molar-refractivity contribution in [1.82, 2.24) is 0 Å². The second-order valence-corrected chi connectivity index (χ2v) is 6.38. The number of hydrogen-bond donors (Lipinski definition) is 4. The Labute approximate surface area is 153 Å². The first-order valence-electron chi connectivity index (χ1n) is 8.16. The SMILES string of the molecule is O=C1OC2(c3ccc(O)cc3Oc3cc(O)cc(NO)c32)c2ccccc21. The summed E-state index contributed by atoms with van der Waals surface area (Å²) in [4.78, 5) is 12.6. The van der Waals surface area contributed by atoms with Crippen molar-refractivity contribution in [2.24, 2.45) is 0 Å². The Morgan fingerprint density at radius 1 is 0.889 bits per heavy atom. The van der Waals surface area contributed by atoms with Crippen molar-refractivity contribution in [3.63, 3.8) is 0 Å². The molecule has 0 radical (unpaired) electrons. The highest BCUT2D eigenvalue weighted by molar-refractivity contribution is 5.97. The second kappa shape index (κ2) is 5.15. The second-order valence-electron chi connectivity index (χ2n) is 6.38. The molecule has 5 rings (SSSR count). The summed E-state index contributed by atoms with van der Waals surface area (Å²) in [5, 5.41) is 29.5. The molecule has 2 heterocycles. The smallest absolute Gasteiger partial charge is 0.340 e. The molecule has 0 saturated heterocycles. The number of nitrogens with one attached hydrogen (secondary N) is 1. The molecule has 7 nitrogen and oxygen atoms in total. The van der Waals surface area contributed by atoms with Crippen LogP contribution in [0.15, 0.2) is 54.6 Å². The van der Waals surface area contributed by atoms with Gasteiger partial charge in [0.2, 0.25) is 0 Å². The molecule has 3 aromatic rings. The molecule has 1 atom stereocenters. The molecule has 2 aliphatic heterocycles. The first-order valence-corrected chi connectivity index (χ1v) is 8.16. The van der Waals surface area contributed by atoms with E-state index >= 15 is 0 Å². The average molecular weight is 363 g/mol. The molecule has 7 heteroatoms. The molecule has 0 aromatic heterocycles. The first kappa shape index (κ1) is 15.5. The lowest BCUT2D eigenvalue weighted by atomic mass is 9.77. The van der Waals surface area contributed by atoms with Gasteiger partial charge in [-0.2, -0.15) is 0 Å². The summed E-state index contributed by atoms with van der Waals surface area (Å²) in [7, 11) is 0. The summed E-state index contributed by atoms with van der Waals surface area (Å²) < 4.78 is 11.8. The topological polar surface area (TPSA) is 108 Å². The molecule has 3 aromatic carbocycles. The van der Waals surface area contributed by atoms with Gasteiger partial charge in [0.05, 0.1) is 16.8 Å². The number of phenols is 2. The molecule has 2 aliphatic rings. The third-order valence-corrected chi connectivity index (χ3v) is 4.90. The van der Waals surface area contributed by atoms with Gasteiger partial charge in [-0.15, -0.1) is 0 Å². The normalized spacial score (nSPS) is 18.9. The number of hydrogen-bond acceptors (Lipinski definition) is 7. The van der Waals surface area contributed by atoms with Gasteiger partial charge in [-0.3, -0.25) is 10.7 Å². The summed E-state index contributed by atoms with van der Waals surface area (Å²) in [5.74, 6) is -0.225. The number of esters is 1.